The van der Waals surface area contributed by atoms with Crippen molar-refractivity contribution in [3.63, 3.8) is 0 Å². The Kier molecular flexibility index (Phi) is 5.46. The lowest BCUT2D eigenvalue weighted by molar-refractivity contribution is 0.245. The molecule has 3 heterocycles. The van der Waals surface area contributed by atoms with Gasteiger partial charge in [0, 0.05) is 21.8 Å². The van der Waals surface area contributed by atoms with Gasteiger partial charge in [0.1, 0.15) is 36.4 Å². The molecule has 5 rings (SSSR count). The molecule has 3 aromatic rings. The van der Waals surface area contributed by atoms with Gasteiger partial charge in [-0.3, -0.25) is 0 Å². The van der Waals surface area contributed by atoms with Crippen LogP contribution in [0, 0.1) is 0 Å². The largest absolute Gasteiger partial charge is 0.497 e. The summed E-state index contributed by atoms with van der Waals surface area (Å²) in [6, 6.07) is 9.98. The Balaban J connectivity index is 1.58. The minimum absolute atomic E-state index is 0.175. The van der Waals surface area contributed by atoms with E-state index in [1.807, 2.05) is 18.3 Å². The smallest absolute Gasteiger partial charge is 0.165 e. The summed E-state index contributed by atoms with van der Waals surface area (Å²) in [6.45, 7) is 0. The number of hydrogen-bond acceptors (Lipinski definition) is 6. The molecular weight excluding hydrogens is 408 g/mol. The van der Waals surface area contributed by atoms with E-state index >= 15 is 0 Å². The van der Waals surface area contributed by atoms with E-state index in [4.69, 9.17) is 19.2 Å². The number of nitrogens with zero attached hydrogens (tertiary/aromatic N) is 1. The number of thiophene rings is 1. The summed E-state index contributed by atoms with van der Waals surface area (Å²) in [5.74, 6) is 2.36. The summed E-state index contributed by atoms with van der Waals surface area (Å²) in [5, 5.41) is 6.90. The zero-order chi connectivity index (χ0) is 21.0. The summed E-state index contributed by atoms with van der Waals surface area (Å²) < 4.78 is 17.8. The number of rotatable bonds is 6. The van der Waals surface area contributed by atoms with E-state index in [0.717, 1.165) is 40.9 Å². The first kappa shape index (κ1) is 19.5. The number of allylic oxidation sites excluding steroid dienone is 3. The Morgan fingerprint density at radius 3 is 3.00 bits per heavy atom. The van der Waals surface area contributed by atoms with E-state index in [2.05, 4.69) is 47.1 Å². The molecule has 6 heteroatoms. The SMILES string of the molecule is COc1cccc(-c2csc3ccnc(NC(C4=CC=CCC4)C4=COC=CO4)c23)c1. The predicted molar refractivity (Wildman–Crippen MR) is 125 cm³/mol. The molecule has 2 aliphatic rings. The summed E-state index contributed by atoms with van der Waals surface area (Å²) in [7, 11) is 1.69. The minimum atomic E-state index is -0.175. The van der Waals surface area contributed by atoms with Crippen LogP contribution < -0.4 is 10.1 Å². The third-order valence-corrected chi connectivity index (χ3v) is 6.32. The zero-order valence-corrected chi connectivity index (χ0v) is 17.9. The summed E-state index contributed by atoms with van der Waals surface area (Å²) in [5.41, 5.74) is 3.45. The second-order valence-electron chi connectivity index (χ2n) is 7.25. The molecule has 1 aliphatic heterocycles. The maximum atomic E-state index is 5.79. The van der Waals surface area contributed by atoms with Crippen LogP contribution >= 0.6 is 11.3 Å². The van der Waals surface area contributed by atoms with Crippen molar-refractivity contribution in [2.45, 2.75) is 18.9 Å². The highest BCUT2D eigenvalue weighted by Gasteiger charge is 2.25. The van der Waals surface area contributed by atoms with Crippen molar-refractivity contribution in [3.05, 3.63) is 90.3 Å². The van der Waals surface area contributed by atoms with Gasteiger partial charge in [0.05, 0.1) is 7.11 Å². The number of pyridine rings is 1. The highest BCUT2D eigenvalue weighted by atomic mass is 32.1. The Labute approximate surface area is 185 Å². The van der Waals surface area contributed by atoms with Crippen LogP contribution in [-0.2, 0) is 9.47 Å². The third-order valence-electron chi connectivity index (χ3n) is 5.37. The molecule has 0 bridgehead atoms. The van der Waals surface area contributed by atoms with Crippen molar-refractivity contribution in [2.75, 3.05) is 12.4 Å². The number of fused-ring (bicyclic) bond motifs is 1. The fourth-order valence-corrected chi connectivity index (χ4v) is 4.81. The van der Waals surface area contributed by atoms with Gasteiger partial charge in [0.2, 0.25) is 0 Å². The Hall–Kier alpha value is -3.51. The van der Waals surface area contributed by atoms with Crippen LogP contribution in [0.15, 0.2) is 90.3 Å². The van der Waals surface area contributed by atoms with Crippen molar-refractivity contribution < 1.29 is 14.2 Å². The first-order valence-corrected chi connectivity index (χ1v) is 11.0. The number of benzene rings is 1. The molecule has 0 radical (unpaired) electrons. The summed E-state index contributed by atoms with van der Waals surface area (Å²) in [4.78, 5) is 4.71. The van der Waals surface area contributed by atoms with Gasteiger partial charge in [-0.05, 0) is 47.6 Å². The Morgan fingerprint density at radius 2 is 2.19 bits per heavy atom. The van der Waals surface area contributed by atoms with Crippen molar-refractivity contribution in [2.24, 2.45) is 0 Å². The molecule has 0 fully saturated rings. The van der Waals surface area contributed by atoms with Crippen molar-refractivity contribution >= 4 is 27.2 Å². The van der Waals surface area contributed by atoms with Crippen LogP contribution in [0.4, 0.5) is 5.82 Å². The van der Waals surface area contributed by atoms with Gasteiger partial charge < -0.3 is 19.5 Å². The van der Waals surface area contributed by atoms with Crippen molar-refractivity contribution in [1.29, 1.82) is 0 Å². The van der Waals surface area contributed by atoms with Crippen LogP contribution in [-0.4, -0.2) is 18.1 Å². The van der Waals surface area contributed by atoms with Crippen molar-refractivity contribution in [3.8, 4) is 16.9 Å². The number of methoxy groups -OCH3 is 1. The van der Waals surface area contributed by atoms with Gasteiger partial charge in [0.25, 0.3) is 0 Å². The standard InChI is InChI=1S/C25H22N2O3S/c1-28-19-9-5-8-18(14-19)20-16-31-22-10-11-26-25(23(20)22)27-24(17-6-3-2-4-7-17)21-15-29-12-13-30-21/h2-3,5-6,8-16,24H,4,7H2,1H3,(H,26,27). The van der Waals surface area contributed by atoms with E-state index in [1.54, 1.807) is 31.0 Å². The fraction of sp³-hybridized carbons (Fsp3) is 0.160. The van der Waals surface area contributed by atoms with Crippen molar-refractivity contribution in [1.82, 2.24) is 4.98 Å². The van der Waals surface area contributed by atoms with Gasteiger partial charge in [-0.25, -0.2) is 4.98 Å². The first-order valence-electron chi connectivity index (χ1n) is 10.1. The highest BCUT2D eigenvalue weighted by molar-refractivity contribution is 7.17. The molecular formula is C25H22N2O3S. The lowest BCUT2D eigenvalue weighted by Crippen LogP contribution is -2.27. The predicted octanol–water partition coefficient (Wildman–Crippen LogP) is 6.39. The Morgan fingerprint density at radius 1 is 1.23 bits per heavy atom. The maximum absolute atomic E-state index is 5.79. The summed E-state index contributed by atoms with van der Waals surface area (Å²) >= 11 is 1.71. The monoisotopic (exact) mass is 430 g/mol. The first-order chi connectivity index (χ1) is 15.3. The number of hydrogen-bond donors (Lipinski definition) is 1. The van der Waals surface area contributed by atoms with Gasteiger partial charge in [-0.2, -0.15) is 0 Å². The fourth-order valence-electron chi connectivity index (χ4n) is 3.85. The summed E-state index contributed by atoms with van der Waals surface area (Å²) in [6.07, 6.45) is 14.9. The second kappa shape index (κ2) is 8.70. The molecule has 1 N–H and O–H groups in total. The Bertz CT molecular complexity index is 1220. The average Bonchev–Trinajstić information content (AvgIpc) is 3.29. The molecule has 0 spiro atoms. The molecule has 0 saturated carbocycles. The minimum Gasteiger partial charge on any atom is -0.497 e. The van der Waals surface area contributed by atoms with E-state index in [-0.39, 0.29) is 6.04 Å². The quantitative estimate of drug-likeness (QED) is 0.491. The number of nitrogens with one attached hydrogen (secondary N) is 1. The molecule has 31 heavy (non-hydrogen) atoms. The number of anilines is 1. The van der Waals surface area contributed by atoms with Gasteiger partial charge >= 0.3 is 0 Å². The zero-order valence-electron chi connectivity index (χ0n) is 17.1. The highest BCUT2D eigenvalue weighted by Crippen LogP contribution is 2.39. The number of ether oxygens (including phenoxy) is 3. The maximum Gasteiger partial charge on any atom is 0.165 e. The van der Waals surface area contributed by atoms with E-state index < -0.39 is 0 Å². The third kappa shape index (κ3) is 3.94. The number of aromatic nitrogens is 1. The molecule has 156 valence electrons. The van der Waals surface area contributed by atoms with E-state index in [0.29, 0.717) is 5.76 Å². The molecule has 1 aliphatic carbocycles. The molecule has 1 unspecified atom stereocenters. The molecule has 0 saturated heterocycles. The van der Waals surface area contributed by atoms with Gasteiger partial charge in [0.15, 0.2) is 5.76 Å². The molecule has 1 aromatic carbocycles. The second-order valence-corrected chi connectivity index (χ2v) is 8.16. The topological polar surface area (TPSA) is 52.6 Å². The average molecular weight is 431 g/mol. The normalized spacial score (nSPS) is 16.2. The van der Waals surface area contributed by atoms with Crippen LogP contribution in [0.2, 0.25) is 0 Å². The molecule has 0 amide bonds. The molecule has 2 aromatic heterocycles. The molecule has 1 atom stereocenters. The van der Waals surface area contributed by atoms with Crippen LogP contribution in [0.5, 0.6) is 5.75 Å². The lowest BCUT2D eigenvalue weighted by Gasteiger charge is -2.26. The van der Waals surface area contributed by atoms with Gasteiger partial charge in [-0.15, -0.1) is 11.3 Å². The molecule has 5 nitrogen and oxygen atoms in total. The van der Waals surface area contributed by atoms with Gasteiger partial charge in [-0.1, -0.05) is 30.4 Å². The van der Waals surface area contributed by atoms with E-state index in [1.165, 1.54) is 16.5 Å². The van der Waals surface area contributed by atoms with E-state index in [9.17, 15) is 0 Å². The van der Waals surface area contributed by atoms with Crippen LogP contribution in [0.1, 0.15) is 12.8 Å². The van der Waals surface area contributed by atoms with Crippen LogP contribution in [0.3, 0.4) is 0 Å². The lowest BCUT2D eigenvalue weighted by atomic mass is 9.96. The van der Waals surface area contributed by atoms with Crippen LogP contribution in [0.25, 0.3) is 21.2 Å².